The fourth-order valence-electron chi connectivity index (χ4n) is 3.69. The number of nitrogens with zero attached hydrogens (tertiary/aromatic N) is 1. The highest BCUT2D eigenvalue weighted by Gasteiger charge is 2.40. The van der Waals surface area contributed by atoms with E-state index in [4.69, 9.17) is 0 Å². The Morgan fingerprint density at radius 1 is 1.22 bits per heavy atom. The van der Waals surface area contributed by atoms with E-state index in [0.717, 1.165) is 31.2 Å². The van der Waals surface area contributed by atoms with Crippen LogP contribution >= 0.6 is 0 Å². The molecule has 1 fully saturated rings. The molecule has 1 saturated carbocycles. The molecule has 2 aliphatic rings. The van der Waals surface area contributed by atoms with Gasteiger partial charge in [0.15, 0.2) is 0 Å². The topological polar surface area (TPSA) is 49.4 Å². The Morgan fingerprint density at radius 3 is 2.70 bits per heavy atom. The van der Waals surface area contributed by atoms with E-state index in [-0.39, 0.29) is 17.9 Å². The molecule has 4 nitrogen and oxygen atoms in total. The van der Waals surface area contributed by atoms with Crippen molar-refractivity contribution in [2.45, 2.75) is 57.0 Å². The third-order valence-corrected chi connectivity index (χ3v) is 4.91. The number of carbonyl (C=O) groups is 2. The summed E-state index contributed by atoms with van der Waals surface area (Å²) in [6.45, 7) is 4.43. The minimum absolute atomic E-state index is 0.0285. The zero-order chi connectivity index (χ0) is 16.2. The smallest absolute Gasteiger partial charge is 0.255 e. The van der Waals surface area contributed by atoms with Crippen LogP contribution in [-0.4, -0.2) is 29.3 Å². The molecule has 0 aromatic heterocycles. The average molecular weight is 313 g/mol. The number of hydrogen-bond donors (Lipinski definition) is 1. The number of rotatable bonds is 5. The second-order valence-corrected chi connectivity index (χ2v) is 6.54. The Labute approximate surface area is 138 Å². The molecule has 1 aliphatic carbocycles. The fraction of sp³-hybridized carbons (Fsp3) is 0.526. The van der Waals surface area contributed by atoms with E-state index in [2.05, 4.69) is 12.2 Å². The van der Waals surface area contributed by atoms with Crippen molar-refractivity contribution in [3.05, 3.63) is 42.3 Å². The molecule has 23 heavy (non-hydrogen) atoms. The second-order valence-electron chi connectivity index (χ2n) is 6.54. The van der Waals surface area contributed by atoms with Crippen molar-refractivity contribution in [1.82, 2.24) is 10.2 Å². The van der Waals surface area contributed by atoms with E-state index < -0.39 is 6.04 Å². The van der Waals surface area contributed by atoms with Crippen LogP contribution in [0.4, 0.5) is 0 Å². The van der Waals surface area contributed by atoms with E-state index >= 15 is 0 Å². The Kier molecular flexibility index (Phi) is 4.99. The predicted molar refractivity (Wildman–Crippen MR) is 89.8 cm³/mol. The summed E-state index contributed by atoms with van der Waals surface area (Å²) in [6.07, 6.45) is 7.28. The molecule has 1 aromatic rings. The van der Waals surface area contributed by atoms with Crippen LogP contribution in [0.1, 0.15) is 66.9 Å². The molecular weight excluding hydrogens is 288 g/mol. The van der Waals surface area contributed by atoms with E-state index in [9.17, 15) is 9.59 Å². The highest BCUT2D eigenvalue weighted by atomic mass is 16.2. The van der Waals surface area contributed by atoms with E-state index in [0.29, 0.717) is 12.1 Å². The molecule has 3 rings (SSSR count). The number of unbranched alkanes of at least 4 members (excludes halogenated alkanes) is 1. The van der Waals surface area contributed by atoms with Gasteiger partial charge in [-0.15, -0.1) is 0 Å². The molecule has 123 valence electrons. The van der Waals surface area contributed by atoms with Crippen LogP contribution in [-0.2, 0) is 4.79 Å². The molecule has 1 N–H and O–H groups in total. The maximum atomic E-state index is 12.9. The second kappa shape index (κ2) is 7.16. The van der Waals surface area contributed by atoms with E-state index in [1.165, 1.54) is 19.3 Å². The van der Waals surface area contributed by atoms with Crippen LogP contribution in [0, 0.1) is 6.92 Å². The van der Waals surface area contributed by atoms with E-state index in [1.54, 1.807) is 4.90 Å². The maximum absolute atomic E-state index is 12.9. The molecule has 0 saturated heterocycles. The minimum Gasteiger partial charge on any atom is -0.351 e. The lowest BCUT2D eigenvalue weighted by Crippen LogP contribution is -2.44. The van der Waals surface area contributed by atoms with Gasteiger partial charge in [-0.3, -0.25) is 9.59 Å². The Bertz CT molecular complexity index is 578. The summed E-state index contributed by atoms with van der Waals surface area (Å²) < 4.78 is 0. The van der Waals surface area contributed by atoms with Crippen molar-refractivity contribution in [1.29, 1.82) is 0 Å². The maximum Gasteiger partial charge on any atom is 0.255 e. The molecule has 1 atom stereocenters. The molecule has 1 radical (unpaired) electrons. The molecular formula is C19H25N2O2. The van der Waals surface area contributed by atoms with Gasteiger partial charge in [0.1, 0.15) is 6.04 Å². The highest BCUT2D eigenvalue weighted by Crippen LogP contribution is 2.34. The number of nitrogens with one attached hydrogen (secondary N) is 1. The molecule has 0 bridgehead atoms. The fourth-order valence-corrected chi connectivity index (χ4v) is 3.69. The van der Waals surface area contributed by atoms with Crippen LogP contribution in [0.15, 0.2) is 24.3 Å². The zero-order valence-electron chi connectivity index (χ0n) is 13.6. The van der Waals surface area contributed by atoms with Crippen molar-refractivity contribution in [3.8, 4) is 0 Å². The Balaban J connectivity index is 1.80. The van der Waals surface area contributed by atoms with Gasteiger partial charge in [0.25, 0.3) is 5.91 Å². The Hall–Kier alpha value is -1.84. The summed E-state index contributed by atoms with van der Waals surface area (Å²) in [4.78, 5) is 27.2. The van der Waals surface area contributed by atoms with Gasteiger partial charge >= 0.3 is 0 Å². The third-order valence-electron chi connectivity index (χ3n) is 4.91. The summed E-state index contributed by atoms with van der Waals surface area (Å²) in [5.41, 5.74) is 1.51. The lowest BCUT2D eigenvalue weighted by molar-refractivity contribution is -0.126. The Morgan fingerprint density at radius 2 is 1.96 bits per heavy atom. The predicted octanol–water partition coefficient (Wildman–Crippen LogP) is 3.25. The van der Waals surface area contributed by atoms with Crippen molar-refractivity contribution in [2.24, 2.45) is 0 Å². The normalized spacial score (nSPS) is 21.3. The minimum atomic E-state index is -0.479. The van der Waals surface area contributed by atoms with Gasteiger partial charge in [-0.25, -0.2) is 0 Å². The number of carbonyl (C=O) groups excluding carboxylic acids is 2. The molecule has 2 amide bonds. The van der Waals surface area contributed by atoms with Crippen LogP contribution in [0.2, 0.25) is 0 Å². The third kappa shape index (κ3) is 3.26. The van der Waals surface area contributed by atoms with Crippen LogP contribution < -0.4 is 5.32 Å². The van der Waals surface area contributed by atoms with Crippen molar-refractivity contribution >= 4 is 11.8 Å². The largest absolute Gasteiger partial charge is 0.351 e. The van der Waals surface area contributed by atoms with Crippen molar-refractivity contribution in [2.75, 3.05) is 6.54 Å². The van der Waals surface area contributed by atoms with E-state index in [1.807, 2.05) is 24.3 Å². The van der Waals surface area contributed by atoms with Crippen LogP contribution in [0.25, 0.3) is 0 Å². The lowest BCUT2D eigenvalue weighted by atomic mass is 9.95. The molecule has 1 aromatic carbocycles. The van der Waals surface area contributed by atoms with Gasteiger partial charge in [-0.05, 0) is 30.9 Å². The van der Waals surface area contributed by atoms with Gasteiger partial charge in [0.05, 0.1) is 0 Å². The standard InChI is InChI=1S/C19H25N2O2/c1-2-3-13-21-17(15-11-7-8-12-16(15)19(21)23)18(22)20-14-9-5-4-6-10-14/h7-8,11-12,14,17H,1-6,9-10,13H2,(H,20,22). The molecule has 1 heterocycles. The van der Waals surface area contributed by atoms with Gasteiger partial charge in [0, 0.05) is 18.2 Å². The van der Waals surface area contributed by atoms with Crippen LogP contribution in [0.3, 0.4) is 0 Å². The SMILES string of the molecule is [CH2]CCCN1C(=O)c2ccccc2C1C(=O)NC1CCCCC1. The molecule has 4 heteroatoms. The number of fused-ring (bicyclic) bond motifs is 1. The van der Waals surface area contributed by atoms with Gasteiger partial charge < -0.3 is 10.2 Å². The van der Waals surface area contributed by atoms with Gasteiger partial charge in [-0.1, -0.05) is 50.8 Å². The first-order chi connectivity index (χ1) is 11.2. The van der Waals surface area contributed by atoms with Crippen molar-refractivity contribution in [3.63, 3.8) is 0 Å². The first-order valence-electron chi connectivity index (χ1n) is 8.72. The van der Waals surface area contributed by atoms with Gasteiger partial charge in [0.2, 0.25) is 5.91 Å². The quantitative estimate of drug-likeness (QED) is 0.907. The summed E-state index contributed by atoms with van der Waals surface area (Å²) in [5.74, 6) is -0.0582. The molecule has 0 spiro atoms. The van der Waals surface area contributed by atoms with Crippen molar-refractivity contribution < 1.29 is 9.59 Å². The molecule has 1 unspecified atom stereocenters. The monoisotopic (exact) mass is 313 g/mol. The summed E-state index contributed by atoms with van der Waals surface area (Å²) in [7, 11) is 0. The summed E-state index contributed by atoms with van der Waals surface area (Å²) in [6, 6.07) is 7.27. The first kappa shape index (κ1) is 16.0. The highest BCUT2D eigenvalue weighted by molar-refractivity contribution is 6.04. The summed E-state index contributed by atoms with van der Waals surface area (Å²) >= 11 is 0. The number of benzene rings is 1. The zero-order valence-corrected chi connectivity index (χ0v) is 13.6. The van der Waals surface area contributed by atoms with Gasteiger partial charge in [-0.2, -0.15) is 0 Å². The first-order valence-corrected chi connectivity index (χ1v) is 8.72. The van der Waals surface area contributed by atoms with Crippen LogP contribution in [0.5, 0.6) is 0 Å². The average Bonchev–Trinajstić information content (AvgIpc) is 2.86. The molecule has 1 aliphatic heterocycles. The summed E-state index contributed by atoms with van der Waals surface area (Å²) in [5, 5.41) is 3.18. The number of hydrogen-bond acceptors (Lipinski definition) is 2. The lowest BCUT2D eigenvalue weighted by Gasteiger charge is -2.28. The number of amides is 2.